The molecule has 0 saturated carbocycles. The van der Waals surface area contributed by atoms with E-state index in [0.717, 1.165) is 13.1 Å². The molecule has 2 fully saturated rings. The van der Waals surface area contributed by atoms with Crippen LogP contribution in [0.2, 0.25) is 5.15 Å². The van der Waals surface area contributed by atoms with Gasteiger partial charge in [0, 0.05) is 18.6 Å². The summed E-state index contributed by atoms with van der Waals surface area (Å²) in [4.78, 5) is 6.55. The van der Waals surface area contributed by atoms with Crippen LogP contribution >= 0.6 is 11.6 Å². The van der Waals surface area contributed by atoms with Gasteiger partial charge in [0.05, 0.1) is 11.9 Å². The van der Waals surface area contributed by atoms with Gasteiger partial charge in [-0.1, -0.05) is 11.6 Å². The van der Waals surface area contributed by atoms with Gasteiger partial charge in [0.2, 0.25) is 0 Å². The fourth-order valence-electron chi connectivity index (χ4n) is 2.86. The summed E-state index contributed by atoms with van der Waals surface area (Å²) in [5.74, 6) is 0. The molecule has 2 aliphatic heterocycles. The maximum absolute atomic E-state index is 5.80. The van der Waals surface area contributed by atoms with Crippen molar-refractivity contribution in [2.24, 2.45) is 0 Å². The molecule has 3 nitrogen and oxygen atoms in total. The maximum Gasteiger partial charge on any atom is 0.129 e. The van der Waals surface area contributed by atoms with Crippen LogP contribution in [0.1, 0.15) is 19.3 Å². The first-order chi connectivity index (χ1) is 7.77. The molecule has 0 bridgehead atoms. The second-order valence-electron chi connectivity index (χ2n) is 4.82. The van der Waals surface area contributed by atoms with Crippen LogP contribution in [0, 0.1) is 0 Å². The molecule has 1 aromatic heterocycles. The highest BCUT2D eigenvalue weighted by Crippen LogP contribution is 2.32. The minimum Gasteiger partial charge on any atom is -0.368 e. The Morgan fingerprint density at radius 3 is 3.00 bits per heavy atom. The van der Waals surface area contributed by atoms with E-state index in [1.165, 1.54) is 31.5 Å². The highest BCUT2D eigenvalue weighted by atomic mass is 35.5. The molecule has 0 amide bonds. The third-order valence-electron chi connectivity index (χ3n) is 3.76. The van der Waals surface area contributed by atoms with Crippen molar-refractivity contribution < 1.29 is 0 Å². The van der Waals surface area contributed by atoms with Crippen LogP contribution in [0.25, 0.3) is 0 Å². The Bertz CT molecular complexity index is 370. The van der Waals surface area contributed by atoms with Gasteiger partial charge in [0.25, 0.3) is 0 Å². The van der Waals surface area contributed by atoms with Crippen molar-refractivity contribution in [1.82, 2.24) is 10.3 Å². The Balaban J connectivity index is 1.75. The first kappa shape index (κ1) is 10.4. The molecule has 0 aliphatic carbocycles. The molecule has 4 heteroatoms. The Hall–Kier alpha value is -0.800. The molecule has 3 rings (SSSR count). The average molecular weight is 238 g/mol. The zero-order chi connectivity index (χ0) is 11.0. The molecule has 0 aromatic carbocycles. The van der Waals surface area contributed by atoms with Crippen molar-refractivity contribution in [1.29, 1.82) is 0 Å². The summed E-state index contributed by atoms with van der Waals surface area (Å²) >= 11 is 5.80. The normalized spacial score (nSPS) is 29.2. The predicted octanol–water partition coefficient (Wildman–Crippen LogP) is 2.07. The summed E-state index contributed by atoms with van der Waals surface area (Å²) in [6, 6.07) is 3.92. The lowest BCUT2D eigenvalue weighted by Crippen LogP contribution is -2.42. The molecule has 2 aliphatic rings. The van der Waals surface area contributed by atoms with Gasteiger partial charge in [0.1, 0.15) is 5.15 Å². The zero-order valence-electron chi connectivity index (χ0n) is 9.25. The second-order valence-corrected chi connectivity index (χ2v) is 5.21. The number of hydrogen-bond acceptors (Lipinski definition) is 3. The third-order valence-corrected chi connectivity index (χ3v) is 3.99. The molecule has 2 saturated heterocycles. The standard InChI is InChI=1S/C12H16ClN3/c13-11-3-2-10(8-14-11)16-7-5-12(9-16)4-1-6-15-12/h2-3,8,15H,1,4-7,9H2. The van der Waals surface area contributed by atoms with Crippen LogP contribution in [0.15, 0.2) is 18.3 Å². The van der Waals surface area contributed by atoms with Gasteiger partial charge in [-0.2, -0.15) is 0 Å². The van der Waals surface area contributed by atoms with Gasteiger partial charge in [0.15, 0.2) is 0 Å². The molecular weight excluding hydrogens is 222 g/mol. The van der Waals surface area contributed by atoms with E-state index in [-0.39, 0.29) is 0 Å². The fourth-order valence-corrected chi connectivity index (χ4v) is 2.98. The number of halogens is 1. The predicted molar refractivity (Wildman–Crippen MR) is 66.0 cm³/mol. The lowest BCUT2D eigenvalue weighted by molar-refractivity contribution is 0.419. The van der Waals surface area contributed by atoms with Gasteiger partial charge in [-0.25, -0.2) is 4.98 Å². The van der Waals surface area contributed by atoms with E-state index in [1.54, 1.807) is 0 Å². The summed E-state index contributed by atoms with van der Waals surface area (Å²) in [5.41, 5.74) is 1.56. The van der Waals surface area contributed by atoms with Crippen LogP contribution in [0.5, 0.6) is 0 Å². The van der Waals surface area contributed by atoms with Crippen molar-refractivity contribution >= 4 is 17.3 Å². The molecular formula is C12H16ClN3. The van der Waals surface area contributed by atoms with Gasteiger partial charge < -0.3 is 10.2 Å². The Labute approximate surface area is 101 Å². The van der Waals surface area contributed by atoms with Crippen LogP contribution in [-0.4, -0.2) is 30.2 Å². The smallest absolute Gasteiger partial charge is 0.129 e. The number of hydrogen-bond donors (Lipinski definition) is 1. The Kier molecular flexibility index (Phi) is 2.52. The van der Waals surface area contributed by atoms with Crippen LogP contribution in [0.3, 0.4) is 0 Å². The lowest BCUT2D eigenvalue weighted by Gasteiger charge is -2.25. The van der Waals surface area contributed by atoms with Gasteiger partial charge in [-0.3, -0.25) is 0 Å². The number of nitrogens with one attached hydrogen (secondary N) is 1. The minimum absolute atomic E-state index is 0.375. The lowest BCUT2D eigenvalue weighted by atomic mass is 9.97. The largest absolute Gasteiger partial charge is 0.368 e. The van der Waals surface area contributed by atoms with Gasteiger partial charge >= 0.3 is 0 Å². The molecule has 3 heterocycles. The summed E-state index contributed by atoms with van der Waals surface area (Å²) in [5, 5.41) is 4.22. The Morgan fingerprint density at radius 1 is 1.38 bits per heavy atom. The Morgan fingerprint density at radius 2 is 2.31 bits per heavy atom. The van der Waals surface area contributed by atoms with E-state index < -0.39 is 0 Å². The van der Waals surface area contributed by atoms with Crippen LogP contribution in [-0.2, 0) is 0 Å². The summed E-state index contributed by atoms with van der Waals surface area (Å²) in [7, 11) is 0. The SMILES string of the molecule is Clc1ccc(N2CCC3(CCCN3)C2)cn1. The molecule has 1 N–H and O–H groups in total. The minimum atomic E-state index is 0.375. The fraction of sp³-hybridized carbons (Fsp3) is 0.583. The second kappa shape index (κ2) is 3.90. The van der Waals surface area contributed by atoms with E-state index >= 15 is 0 Å². The van der Waals surface area contributed by atoms with Crippen molar-refractivity contribution in [3.05, 3.63) is 23.5 Å². The average Bonchev–Trinajstić information content (AvgIpc) is 2.91. The van der Waals surface area contributed by atoms with Gasteiger partial charge in [-0.05, 0) is 37.9 Å². The highest BCUT2D eigenvalue weighted by molar-refractivity contribution is 6.29. The van der Waals surface area contributed by atoms with Crippen molar-refractivity contribution in [2.75, 3.05) is 24.5 Å². The van der Waals surface area contributed by atoms with Crippen molar-refractivity contribution in [3.63, 3.8) is 0 Å². The third kappa shape index (κ3) is 1.78. The maximum atomic E-state index is 5.80. The first-order valence-electron chi connectivity index (χ1n) is 5.89. The zero-order valence-corrected chi connectivity index (χ0v) is 10.0. The molecule has 86 valence electrons. The van der Waals surface area contributed by atoms with Crippen LogP contribution in [0.4, 0.5) is 5.69 Å². The van der Waals surface area contributed by atoms with E-state index in [9.17, 15) is 0 Å². The molecule has 1 spiro atoms. The molecule has 1 atom stereocenters. The number of nitrogens with zero attached hydrogens (tertiary/aromatic N) is 2. The highest BCUT2D eigenvalue weighted by Gasteiger charge is 2.39. The van der Waals surface area contributed by atoms with E-state index in [2.05, 4.69) is 21.3 Å². The van der Waals surface area contributed by atoms with E-state index in [1.807, 2.05) is 12.3 Å². The summed E-state index contributed by atoms with van der Waals surface area (Å²) in [6.45, 7) is 3.40. The molecule has 16 heavy (non-hydrogen) atoms. The van der Waals surface area contributed by atoms with Crippen molar-refractivity contribution in [3.8, 4) is 0 Å². The van der Waals surface area contributed by atoms with E-state index in [4.69, 9.17) is 11.6 Å². The monoisotopic (exact) mass is 237 g/mol. The van der Waals surface area contributed by atoms with Crippen LogP contribution < -0.4 is 10.2 Å². The number of pyridine rings is 1. The molecule has 1 aromatic rings. The summed E-state index contributed by atoms with van der Waals surface area (Å²) in [6.07, 6.45) is 5.74. The van der Waals surface area contributed by atoms with Gasteiger partial charge in [-0.15, -0.1) is 0 Å². The summed E-state index contributed by atoms with van der Waals surface area (Å²) < 4.78 is 0. The first-order valence-corrected chi connectivity index (χ1v) is 6.27. The number of aromatic nitrogens is 1. The number of rotatable bonds is 1. The quantitative estimate of drug-likeness (QED) is 0.758. The van der Waals surface area contributed by atoms with E-state index in [0.29, 0.717) is 10.7 Å². The molecule has 0 radical (unpaired) electrons. The topological polar surface area (TPSA) is 28.2 Å². The van der Waals surface area contributed by atoms with Crippen molar-refractivity contribution in [2.45, 2.75) is 24.8 Å². The number of anilines is 1. The molecule has 1 unspecified atom stereocenters.